The van der Waals surface area contributed by atoms with Crippen molar-refractivity contribution in [2.75, 3.05) is 19.6 Å². The topological polar surface area (TPSA) is 69.6 Å². The highest BCUT2D eigenvalue weighted by atomic mass is 16.4. The fraction of sp³-hybridized carbons (Fsp3) is 0.867. The summed E-state index contributed by atoms with van der Waals surface area (Å²) in [4.78, 5) is 26.3. The zero-order valence-electron chi connectivity index (χ0n) is 12.6. The van der Waals surface area contributed by atoms with Gasteiger partial charge in [-0.1, -0.05) is 13.3 Å². The van der Waals surface area contributed by atoms with Gasteiger partial charge in [0, 0.05) is 6.54 Å². The SMILES string of the molecule is CCCC1(C(=O)N2CCCC2(C)C(=O)O)CCNCC1. The third-order valence-corrected chi connectivity index (χ3v) is 5.09. The minimum Gasteiger partial charge on any atom is -0.480 e. The number of carboxylic acids is 1. The molecule has 2 aliphatic heterocycles. The second-order valence-corrected chi connectivity index (χ2v) is 6.42. The fourth-order valence-corrected chi connectivity index (χ4v) is 3.75. The Bertz CT molecular complexity index is 385. The standard InChI is InChI=1S/C15H26N2O3/c1-3-5-15(7-9-16-10-8-15)12(18)17-11-4-6-14(17,2)13(19)20/h16H,3-11H2,1-2H3,(H,19,20). The molecule has 5 heteroatoms. The van der Waals surface area contributed by atoms with Crippen molar-refractivity contribution in [3.05, 3.63) is 0 Å². The van der Waals surface area contributed by atoms with Gasteiger partial charge in [-0.3, -0.25) is 4.79 Å². The minimum absolute atomic E-state index is 0.0725. The number of hydrogen-bond acceptors (Lipinski definition) is 3. The van der Waals surface area contributed by atoms with Crippen LogP contribution in [0.3, 0.4) is 0 Å². The molecule has 1 amide bonds. The lowest BCUT2D eigenvalue weighted by molar-refractivity contribution is -0.161. The van der Waals surface area contributed by atoms with Crippen LogP contribution >= 0.6 is 0 Å². The van der Waals surface area contributed by atoms with Crippen LogP contribution in [0.15, 0.2) is 0 Å². The van der Waals surface area contributed by atoms with Gasteiger partial charge in [0.05, 0.1) is 5.41 Å². The van der Waals surface area contributed by atoms with E-state index < -0.39 is 11.5 Å². The quantitative estimate of drug-likeness (QED) is 0.822. The first-order valence-electron chi connectivity index (χ1n) is 7.72. The maximum absolute atomic E-state index is 13.1. The second kappa shape index (κ2) is 5.72. The van der Waals surface area contributed by atoms with Gasteiger partial charge in [0.2, 0.25) is 5.91 Å². The maximum atomic E-state index is 13.1. The summed E-state index contributed by atoms with van der Waals surface area (Å²) in [6, 6.07) is 0. The molecule has 1 unspecified atom stereocenters. The summed E-state index contributed by atoms with van der Waals surface area (Å²) in [5.41, 5.74) is -1.36. The summed E-state index contributed by atoms with van der Waals surface area (Å²) >= 11 is 0. The molecule has 0 saturated carbocycles. The summed E-state index contributed by atoms with van der Waals surface area (Å²) in [6.45, 7) is 6.08. The lowest BCUT2D eigenvalue weighted by atomic mass is 9.73. The minimum atomic E-state index is -1.01. The number of aliphatic carboxylic acids is 1. The molecule has 2 saturated heterocycles. The zero-order chi connectivity index (χ0) is 14.8. The number of likely N-dealkylation sites (tertiary alicyclic amines) is 1. The lowest BCUT2D eigenvalue weighted by Crippen LogP contribution is -2.57. The van der Waals surface area contributed by atoms with Crippen molar-refractivity contribution >= 4 is 11.9 Å². The van der Waals surface area contributed by atoms with Crippen molar-refractivity contribution < 1.29 is 14.7 Å². The molecule has 0 aromatic carbocycles. The van der Waals surface area contributed by atoms with Gasteiger partial charge in [0.1, 0.15) is 5.54 Å². The molecule has 114 valence electrons. The van der Waals surface area contributed by atoms with Crippen molar-refractivity contribution in [3.63, 3.8) is 0 Å². The smallest absolute Gasteiger partial charge is 0.329 e. The molecule has 20 heavy (non-hydrogen) atoms. The molecule has 2 N–H and O–H groups in total. The molecule has 2 aliphatic rings. The van der Waals surface area contributed by atoms with Gasteiger partial charge in [-0.05, 0) is 52.1 Å². The molecular weight excluding hydrogens is 256 g/mol. The molecule has 2 rings (SSSR count). The highest BCUT2D eigenvalue weighted by Gasteiger charge is 2.51. The molecule has 2 fully saturated rings. The molecule has 0 aromatic rings. The lowest BCUT2D eigenvalue weighted by Gasteiger charge is -2.42. The molecule has 0 aromatic heterocycles. The summed E-state index contributed by atoms with van der Waals surface area (Å²) in [5.74, 6) is -0.799. The number of nitrogens with one attached hydrogen (secondary N) is 1. The Kier molecular flexibility index (Phi) is 4.37. The monoisotopic (exact) mass is 282 g/mol. The van der Waals surface area contributed by atoms with E-state index in [-0.39, 0.29) is 11.3 Å². The highest BCUT2D eigenvalue weighted by Crippen LogP contribution is 2.40. The Morgan fingerprint density at radius 2 is 1.90 bits per heavy atom. The first-order valence-corrected chi connectivity index (χ1v) is 7.72. The third-order valence-electron chi connectivity index (χ3n) is 5.09. The normalized spacial score (nSPS) is 29.4. The summed E-state index contributed by atoms with van der Waals surface area (Å²) in [5, 5.41) is 12.8. The number of hydrogen-bond donors (Lipinski definition) is 2. The van der Waals surface area contributed by atoms with Gasteiger partial charge >= 0.3 is 5.97 Å². The first-order chi connectivity index (χ1) is 9.46. The van der Waals surface area contributed by atoms with Gasteiger partial charge in [0.25, 0.3) is 0 Å². The van der Waals surface area contributed by atoms with E-state index in [9.17, 15) is 14.7 Å². The van der Waals surface area contributed by atoms with E-state index >= 15 is 0 Å². The van der Waals surface area contributed by atoms with Crippen LogP contribution < -0.4 is 5.32 Å². The molecular formula is C15H26N2O3. The van der Waals surface area contributed by atoms with Crippen LogP contribution in [0.4, 0.5) is 0 Å². The van der Waals surface area contributed by atoms with Crippen molar-refractivity contribution in [3.8, 4) is 0 Å². The van der Waals surface area contributed by atoms with Gasteiger partial charge in [-0.25, -0.2) is 4.79 Å². The summed E-state index contributed by atoms with van der Waals surface area (Å²) in [7, 11) is 0. The van der Waals surface area contributed by atoms with Gasteiger partial charge in [-0.15, -0.1) is 0 Å². The van der Waals surface area contributed by atoms with E-state index in [0.717, 1.165) is 45.2 Å². The maximum Gasteiger partial charge on any atom is 0.329 e. The van der Waals surface area contributed by atoms with Crippen LogP contribution in [-0.2, 0) is 9.59 Å². The number of piperidine rings is 1. The molecule has 5 nitrogen and oxygen atoms in total. The predicted molar refractivity (Wildman–Crippen MR) is 76.4 cm³/mol. The average Bonchev–Trinajstić information content (AvgIpc) is 2.83. The van der Waals surface area contributed by atoms with E-state index in [2.05, 4.69) is 12.2 Å². The van der Waals surface area contributed by atoms with Crippen LogP contribution in [0.25, 0.3) is 0 Å². The van der Waals surface area contributed by atoms with E-state index in [4.69, 9.17) is 0 Å². The number of nitrogens with zero attached hydrogens (tertiary/aromatic N) is 1. The predicted octanol–water partition coefficient (Wildman–Crippen LogP) is 1.62. The average molecular weight is 282 g/mol. The van der Waals surface area contributed by atoms with Gasteiger partial charge in [0.15, 0.2) is 0 Å². The Morgan fingerprint density at radius 3 is 2.45 bits per heavy atom. The van der Waals surface area contributed by atoms with Crippen molar-refractivity contribution in [2.24, 2.45) is 5.41 Å². The number of carbonyl (C=O) groups is 2. The number of carbonyl (C=O) groups excluding carboxylic acids is 1. The number of amides is 1. The van der Waals surface area contributed by atoms with Crippen LogP contribution in [0, 0.1) is 5.41 Å². The van der Waals surface area contributed by atoms with Gasteiger partial charge < -0.3 is 15.3 Å². The highest BCUT2D eigenvalue weighted by molar-refractivity contribution is 5.90. The van der Waals surface area contributed by atoms with Crippen LogP contribution in [-0.4, -0.2) is 47.1 Å². The summed E-state index contributed by atoms with van der Waals surface area (Å²) < 4.78 is 0. The van der Waals surface area contributed by atoms with E-state index in [1.807, 2.05) is 0 Å². The Labute approximate surface area is 120 Å². The van der Waals surface area contributed by atoms with Crippen LogP contribution in [0.1, 0.15) is 52.4 Å². The first kappa shape index (κ1) is 15.3. The van der Waals surface area contributed by atoms with Crippen molar-refractivity contribution in [2.45, 2.75) is 57.9 Å². The Morgan fingerprint density at radius 1 is 1.25 bits per heavy atom. The summed E-state index contributed by atoms with van der Waals surface area (Å²) in [6.07, 6.45) is 4.82. The Balaban J connectivity index is 2.25. The second-order valence-electron chi connectivity index (χ2n) is 6.42. The molecule has 0 radical (unpaired) electrons. The third kappa shape index (κ3) is 2.43. The van der Waals surface area contributed by atoms with Crippen molar-refractivity contribution in [1.82, 2.24) is 10.2 Å². The number of carboxylic acid groups (broad SMARTS) is 1. The van der Waals surface area contributed by atoms with E-state index in [1.165, 1.54) is 0 Å². The van der Waals surface area contributed by atoms with Crippen molar-refractivity contribution in [1.29, 1.82) is 0 Å². The van der Waals surface area contributed by atoms with Crippen LogP contribution in [0.5, 0.6) is 0 Å². The number of rotatable bonds is 4. The fourth-order valence-electron chi connectivity index (χ4n) is 3.75. The van der Waals surface area contributed by atoms with E-state index in [0.29, 0.717) is 13.0 Å². The zero-order valence-corrected chi connectivity index (χ0v) is 12.6. The van der Waals surface area contributed by atoms with Gasteiger partial charge in [-0.2, -0.15) is 0 Å². The molecule has 0 bridgehead atoms. The molecule has 0 spiro atoms. The molecule has 0 aliphatic carbocycles. The Hall–Kier alpha value is -1.10. The largest absolute Gasteiger partial charge is 0.480 e. The van der Waals surface area contributed by atoms with Crippen LogP contribution in [0.2, 0.25) is 0 Å². The molecule has 1 atom stereocenters. The van der Waals surface area contributed by atoms with E-state index in [1.54, 1.807) is 11.8 Å². The molecule has 2 heterocycles.